The highest BCUT2D eigenvalue weighted by molar-refractivity contribution is 5.96. The highest BCUT2D eigenvalue weighted by Gasteiger charge is 2.38. The van der Waals surface area contributed by atoms with E-state index in [9.17, 15) is 9.59 Å². The zero-order valence-electron chi connectivity index (χ0n) is 14.3. The molecule has 1 atom stereocenters. The molecule has 1 aromatic rings. The average molecular weight is 318 g/mol. The Labute approximate surface area is 137 Å². The van der Waals surface area contributed by atoms with Crippen LogP contribution in [-0.2, 0) is 9.59 Å². The minimum Gasteiger partial charge on any atom is -0.326 e. The molecule has 6 nitrogen and oxygen atoms in total. The maximum absolute atomic E-state index is 12.5. The van der Waals surface area contributed by atoms with E-state index in [-0.39, 0.29) is 17.2 Å². The van der Waals surface area contributed by atoms with Crippen LogP contribution in [-0.4, -0.2) is 62.4 Å². The molecule has 0 radical (unpaired) electrons. The Morgan fingerprint density at radius 2 is 1.74 bits per heavy atom. The van der Waals surface area contributed by atoms with Gasteiger partial charge in [0.05, 0.1) is 12.0 Å². The zero-order chi connectivity index (χ0) is 17.0. The van der Waals surface area contributed by atoms with E-state index in [2.05, 4.69) is 15.5 Å². The van der Waals surface area contributed by atoms with Gasteiger partial charge in [-0.2, -0.15) is 0 Å². The Balaban J connectivity index is 1.92. The maximum Gasteiger partial charge on any atom is 0.238 e. The van der Waals surface area contributed by atoms with E-state index in [1.807, 2.05) is 45.1 Å². The summed E-state index contributed by atoms with van der Waals surface area (Å²) in [6.07, 6.45) is 0.869. The van der Waals surface area contributed by atoms with Gasteiger partial charge in [-0.25, -0.2) is 0 Å². The molecule has 0 bridgehead atoms. The minimum absolute atomic E-state index is 0.0474. The van der Waals surface area contributed by atoms with E-state index in [1.165, 1.54) is 0 Å². The van der Waals surface area contributed by atoms with Gasteiger partial charge in [-0.05, 0) is 65.3 Å². The number of benzene rings is 1. The van der Waals surface area contributed by atoms with Gasteiger partial charge in [0.15, 0.2) is 0 Å². The van der Waals surface area contributed by atoms with Gasteiger partial charge in [0.25, 0.3) is 0 Å². The standard InChI is InChI=1S/C17H26N4O2/c1-17(9-10-21(4)12-17)16(23)19-14-7-5-13(6-8-14)18-15(22)11-20(2)3/h5-8H,9-12H2,1-4H3,(H,18,22)(H,19,23). The first-order chi connectivity index (χ1) is 10.8. The van der Waals surface area contributed by atoms with Gasteiger partial charge in [-0.1, -0.05) is 0 Å². The fourth-order valence-electron chi connectivity index (χ4n) is 2.78. The number of hydrogen-bond acceptors (Lipinski definition) is 4. The molecular weight excluding hydrogens is 292 g/mol. The molecule has 0 aromatic heterocycles. The van der Waals surface area contributed by atoms with Crippen LogP contribution >= 0.6 is 0 Å². The van der Waals surface area contributed by atoms with Crippen LogP contribution in [0.25, 0.3) is 0 Å². The number of hydrogen-bond donors (Lipinski definition) is 2. The smallest absolute Gasteiger partial charge is 0.238 e. The van der Waals surface area contributed by atoms with Crippen LogP contribution in [0.1, 0.15) is 13.3 Å². The second-order valence-electron chi connectivity index (χ2n) is 6.87. The van der Waals surface area contributed by atoms with Crippen molar-refractivity contribution in [2.75, 3.05) is 51.4 Å². The molecule has 6 heteroatoms. The Morgan fingerprint density at radius 1 is 1.17 bits per heavy atom. The Morgan fingerprint density at radius 3 is 2.22 bits per heavy atom. The zero-order valence-corrected chi connectivity index (χ0v) is 14.3. The lowest BCUT2D eigenvalue weighted by atomic mass is 9.88. The molecule has 0 aliphatic carbocycles. The van der Waals surface area contributed by atoms with Crippen molar-refractivity contribution in [1.82, 2.24) is 9.80 Å². The molecule has 0 saturated carbocycles. The van der Waals surface area contributed by atoms with Crippen molar-refractivity contribution in [2.45, 2.75) is 13.3 Å². The SMILES string of the molecule is CN(C)CC(=O)Nc1ccc(NC(=O)C2(C)CCN(C)C2)cc1. The van der Waals surface area contributed by atoms with E-state index in [0.29, 0.717) is 6.54 Å². The van der Waals surface area contributed by atoms with Gasteiger partial charge in [0.2, 0.25) is 11.8 Å². The molecule has 1 unspecified atom stereocenters. The molecule has 2 rings (SSSR count). The van der Waals surface area contributed by atoms with Crippen LogP contribution in [0.3, 0.4) is 0 Å². The number of amides is 2. The molecule has 0 spiro atoms. The summed E-state index contributed by atoms with van der Waals surface area (Å²) in [6, 6.07) is 7.22. The average Bonchev–Trinajstić information content (AvgIpc) is 2.81. The highest BCUT2D eigenvalue weighted by atomic mass is 16.2. The Kier molecular flexibility index (Phi) is 5.38. The normalized spacial score (nSPS) is 21.4. The predicted molar refractivity (Wildman–Crippen MR) is 92.5 cm³/mol. The summed E-state index contributed by atoms with van der Waals surface area (Å²) in [4.78, 5) is 28.1. The highest BCUT2D eigenvalue weighted by Crippen LogP contribution is 2.30. The van der Waals surface area contributed by atoms with Crippen LogP contribution in [0.5, 0.6) is 0 Å². The summed E-state index contributed by atoms with van der Waals surface area (Å²) >= 11 is 0. The summed E-state index contributed by atoms with van der Waals surface area (Å²) < 4.78 is 0. The van der Waals surface area contributed by atoms with Gasteiger partial charge in [-0.15, -0.1) is 0 Å². The number of nitrogens with one attached hydrogen (secondary N) is 2. The predicted octanol–water partition coefficient (Wildman–Crippen LogP) is 1.47. The monoisotopic (exact) mass is 318 g/mol. The lowest BCUT2D eigenvalue weighted by molar-refractivity contribution is -0.124. The molecule has 2 amide bonds. The molecule has 1 aliphatic heterocycles. The van der Waals surface area contributed by atoms with Crippen LogP contribution in [0.2, 0.25) is 0 Å². The Hall–Kier alpha value is -1.92. The van der Waals surface area contributed by atoms with Crippen LogP contribution in [0.15, 0.2) is 24.3 Å². The third kappa shape index (κ3) is 4.77. The van der Waals surface area contributed by atoms with Crippen molar-refractivity contribution in [3.63, 3.8) is 0 Å². The number of likely N-dealkylation sites (N-methyl/N-ethyl adjacent to an activating group) is 1. The summed E-state index contributed by atoms with van der Waals surface area (Å²) in [5, 5.41) is 5.79. The molecule has 1 aromatic carbocycles. The van der Waals surface area contributed by atoms with E-state index in [4.69, 9.17) is 0 Å². The first-order valence-corrected chi connectivity index (χ1v) is 7.83. The molecular formula is C17H26N4O2. The van der Waals surface area contributed by atoms with Gasteiger partial charge in [0.1, 0.15) is 0 Å². The molecule has 1 aliphatic rings. The van der Waals surface area contributed by atoms with Crippen molar-refractivity contribution in [2.24, 2.45) is 5.41 Å². The van der Waals surface area contributed by atoms with Crippen molar-refractivity contribution < 1.29 is 9.59 Å². The lowest BCUT2D eigenvalue weighted by Crippen LogP contribution is -2.35. The largest absolute Gasteiger partial charge is 0.326 e. The number of anilines is 2. The van der Waals surface area contributed by atoms with Crippen molar-refractivity contribution in [3.05, 3.63) is 24.3 Å². The van der Waals surface area contributed by atoms with Crippen molar-refractivity contribution in [3.8, 4) is 0 Å². The fraction of sp³-hybridized carbons (Fsp3) is 0.529. The van der Waals surface area contributed by atoms with Crippen LogP contribution in [0, 0.1) is 5.41 Å². The van der Waals surface area contributed by atoms with Crippen LogP contribution in [0.4, 0.5) is 11.4 Å². The van der Waals surface area contributed by atoms with E-state index in [0.717, 1.165) is 30.9 Å². The molecule has 126 valence electrons. The van der Waals surface area contributed by atoms with E-state index in [1.54, 1.807) is 12.1 Å². The van der Waals surface area contributed by atoms with Gasteiger partial charge >= 0.3 is 0 Å². The van der Waals surface area contributed by atoms with Gasteiger partial charge in [-0.3, -0.25) is 9.59 Å². The number of rotatable bonds is 5. The molecule has 23 heavy (non-hydrogen) atoms. The first kappa shape index (κ1) is 17.4. The first-order valence-electron chi connectivity index (χ1n) is 7.83. The van der Waals surface area contributed by atoms with E-state index < -0.39 is 0 Å². The molecule has 1 saturated heterocycles. The minimum atomic E-state index is -0.340. The topological polar surface area (TPSA) is 64.7 Å². The van der Waals surface area contributed by atoms with Crippen molar-refractivity contribution >= 4 is 23.2 Å². The number of nitrogens with zero attached hydrogens (tertiary/aromatic N) is 2. The quantitative estimate of drug-likeness (QED) is 0.863. The number of likely N-dealkylation sites (tertiary alicyclic amines) is 1. The third-order valence-corrected chi connectivity index (χ3v) is 4.10. The molecule has 2 N–H and O–H groups in total. The second kappa shape index (κ2) is 7.10. The lowest BCUT2D eigenvalue weighted by Gasteiger charge is -2.22. The second-order valence-corrected chi connectivity index (χ2v) is 6.87. The summed E-state index contributed by atoms with van der Waals surface area (Å²) in [7, 11) is 5.72. The third-order valence-electron chi connectivity index (χ3n) is 4.10. The number of carbonyl (C=O) groups excluding carboxylic acids is 2. The van der Waals surface area contributed by atoms with Crippen LogP contribution < -0.4 is 10.6 Å². The molecule has 1 heterocycles. The Bertz CT molecular complexity index is 570. The number of carbonyl (C=O) groups is 2. The van der Waals surface area contributed by atoms with Gasteiger partial charge < -0.3 is 20.4 Å². The summed E-state index contributed by atoms with van der Waals surface area (Å²) in [5.41, 5.74) is 1.13. The van der Waals surface area contributed by atoms with Gasteiger partial charge in [0, 0.05) is 17.9 Å². The van der Waals surface area contributed by atoms with Crippen molar-refractivity contribution in [1.29, 1.82) is 0 Å². The maximum atomic E-state index is 12.5. The molecule has 1 fully saturated rings. The fourth-order valence-corrected chi connectivity index (χ4v) is 2.78. The van der Waals surface area contributed by atoms with E-state index >= 15 is 0 Å². The summed E-state index contributed by atoms with van der Waals surface area (Å²) in [6.45, 7) is 4.06. The summed E-state index contributed by atoms with van der Waals surface area (Å²) in [5.74, 6) is -0.0143.